The Labute approximate surface area is 174 Å². The van der Waals surface area contributed by atoms with Crippen molar-refractivity contribution in [1.82, 2.24) is 4.31 Å². The molecule has 0 aliphatic carbocycles. The average Bonchev–Trinajstić information content (AvgIpc) is 2.67. The molecule has 30 heavy (non-hydrogen) atoms. The van der Waals surface area contributed by atoms with Crippen LogP contribution in [0.2, 0.25) is 0 Å². The average molecular weight is 430 g/mol. The van der Waals surface area contributed by atoms with Gasteiger partial charge in [-0.2, -0.15) is 0 Å². The maximum absolute atomic E-state index is 12.3. The number of aryl methyl sites for hydroxylation is 2. The second kappa shape index (κ2) is 8.29. The smallest absolute Gasteiger partial charge is 0.336 e. The van der Waals surface area contributed by atoms with Crippen LogP contribution < -0.4 is 15.7 Å². The molecule has 9 heteroatoms. The van der Waals surface area contributed by atoms with E-state index in [-0.39, 0.29) is 11.5 Å². The lowest BCUT2D eigenvalue weighted by atomic mass is 10.1. The quantitative estimate of drug-likeness (QED) is 0.603. The van der Waals surface area contributed by atoms with Crippen molar-refractivity contribution in [1.29, 1.82) is 0 Å². The van der Waals surface area contributed by atoms with Crippen LogP contribution in [0.15, 0.2) is 56.6 Å². The Morgan fingerprint density at radius 1 is 1.07 bits per heavy atom. The molecule has 158 valence electrons. The summed E-state index contributed by atoms with van der Waals surface area (Å²) >= 11 is 0. The van der Waals surface area contributed by atoms with Crippen molar-refractivity contribution in [3.05, 3.63) is 64.0 Å². The number of rotatable bonds is 6. The van der Waals surface area contributed by atoms with E-state index < -0.39 is 21.6 Å². The van der Waals surface area contributed by atoms with E-state index in [4.69, 9.17) is 9.15 Å². The standard InChI is InChI=1S/C21H22N2O6S/c1-13-5-7-16(30(26,27)23(3)4)11-18(13)22-20(24)12-28-15-6-8-17-14(2)9-21(25)29-19(17)10-15/h5-11H,12H2,1-4H3,(H,22,24). The molecular formula is C21H22N2O6S. The number of fused-ring (bicyclic) bond motifs is 1. The molecule has 0 unspecified atom stereocenters. The van der Waals surface area contributed by atoms with Crippen molar-refractivity contribution in [2.24, 2.45) is 0 Å². The molecule has 0 aliphatic heterocycles. The third kappa shape index (κ3) is 4.52. The highest BCUT2D eigenvalue weighted by Gasteiger charge is 2.18. The largest absolute Gasteiger partial charge is 0.484 e. The fourth-order valence-corrected chi connectivity index (χ4v) is 3.77. The summed E-state index contributed by atoms with van der Waals surface area (Å²) in [6, 6.07) is 10.9. The summed E-state index contributed by atoms with van der Waals surface area (Å²) in [4.78, 5) is 24.0. The molecule has 1 N–H and O–H groups in total. The first kappa shape index (κ1) is 21.5. The monoisotopic (exact) mass is 430 g/mol. The van der Waals surface area contributed by atoms with E-state index in [1.54, 1.807) is 38.1 Å². The fourth-order valence-electron chi connectivity index (χ4n) is 2.84. The highest BCUT2D eigenvalue weighted by atomic mass is 32.2. The number of benzene rings is 2. The predicted molar refractivity (Wildman–Crippen MR) is 113 cm³/mol. The maximum Gasteiger partial charge on any atom is 0.336 e. The number of amides is 1. The molecule has 0 aliphatic rings. The van der Waals surface area contributed by atoms with Crippen LogP contribution >= 0.6 is 0 Å². The van der Waals surface area contributed by atoms with Crippen molar-refractivity contribution >= 4 is 32.6 Å². The maximum atomic E-state index is 12.3. The van der Waals surface area contributed by atoms with E-state index in [1.807, 2.05) is 0 Å². The van der Waals surface area contributed by atoms with Gasteiger partial charge in [-0.3, -0.25) is 4.79 Å². The molecule has 0 atom stereocenters. The van der Waals surface area contributed by atoms with Crippen LogP contribution in [0.3, 0.4) is 0 Å². The summed E-state index contributed by atoms with van der Waals surface area (Å²) in [6.45, 7) is 3.27. The molecule has 0 bridgehead atoms. The van der Waals surface area contributed by atoms with Crippen LogP contribution in [-0.4, -0.2) is 39.3 Å². The third-order valence-corrected chi connectivity index (χ3v) is 6.37. The van der Waals surface area contributed by atoms with Crippen molar-refractivity contribution < 1.29 is 22.4 Å². The van der Waals surface area contributed by atoms with Crippen LogP contribution in [-0.2, 0) is 14.8 Å². The van der Waals surface area contributed by atoms with Gasteiger partial charge in [-0.15, -0.1) is 0 Å². The molecule has 1 heterocycles. The van der Waals surface area contributed by atoms with Gasteiger partial charge in [0.2, 0.25) is 10.0 Å². The van der Waals surface area contributed by atoms with E-state index in [0.717, 1.165) is 15.3 Å². The van der Waals surface area contributed by atoms with Crippen molar-refractivity contribution in [2.75, 3.05) is 26.0 Å². The van der Waals surface area contributed by atoms with Gasteiger partial charge >= 0.3 is 5.63 Å². The summed E-state index contributed by atoms with van der Waals surface area (Å²) in [6.07, 6.45) is 0. The number of anilines is 1. The zero-order chi connectivity index (χ0) is 22.1. The highest BCUT2D eigenvalue weighted by molar-refractivity contribution is 7.89. The molecular weight excluding hydrogens is 408 g/mol. The highest BCUT2D eigenvalue weighted by Crippen LogP contribution is 2.23. The first-order valence-electron chi connectivity index (χ1n) is 9.08. The minimum absolute atomic E-state index is 0.0780. The van der Waals surface area contributed by atoms with Crippen LogP contribution in [0.4, 0.5) is 5.69 Å². The lowest BCUT2D eigenvalue weighted by Gasteiger charge is -2.14. The van der Waals surface area contributed by atoms with Gasteiger partial charge in [0.05, 0.1) is 4.90 Å². The summed E-state index contributed by atoms with van der Waals surface area (Å²) in [5.41, 5.74) is 1.79. The van der Waals surface area contributed by atoms with Gasteiger partial charge in [-0.1, -0.05) is 6.07 Å². The molecule has 0 saturated heterocycles. The van der Waals surface area contributed by atoms with Gasteiger partial charge in [-0.05, 0) is 49.2 Å². The fraction of sp³-hybridized carbons (Fsp3) is 0.238. The molecule has 3 rings (SSSR count). The molecule has 0 fully saturated rings. The topological polar surface area (TPSA) is 106 Å². The first-order valence-corrected chi connectivity index (χ1v) is 10.5. The van der Waals surface area contributed by atoms with Crippen LogP contribution in [0, 0.1) is 13.8 Å². The first-order chi connectivity index (χ1) is 14.1. The summed E-state index contributed by atoms with van der Waals surface area (Å²) in [5.74, 6) is -0.0876. The Morgan fingerprint density at radius 2 is 1.80 bits per heavy atom. The third-order valence-electron chi connectivity index (χ3n) is 4.55. The van der Waals surface area contributed by atoms with E-state index >= 15 is 0 Å². The van der Waals surface area contributed by atoms with E-state index in [2.05, 4.69) is 5.32 Å². The van der Waals surface area contributed by atoms with Crippen molar-refractivity contribution in [2.45, 2.75) is 18.7 Å². The number of nitrogens with one attached hydrogen (secondary N) is 1. The summed E-state index contributed by atoms with van der Waals surface area (Å²) < 4.78 is 36.4. The van der Waals surface area contributed by atoms with Crippen molar-refractivity contribution in [3.8, 4) is 5.75 Å². The van der Waals surface area contributed by atoms with Gasteiger partial charge in [0.15, 0.2) is 6.61 Å². The van der Waals surface area contributed by atoms with Crippen LogP contribution in [0.5, 0.6) is 5.75 Å². The lowest BCUT2D eigenvalue weighted by molar-refractivity contribution is -0.118. The summed E-state index contributed by atoms with van der Waals surface area (Å²) in [5, 5.41) is 3.45. The number of ether oxygens (including phenoxy) is 1. The molecule has 2 aromatic carbocycles. The number of carbonyl (C=O) groups excluding carboxylic acids is 1. The molecule has 0 spiro atoms. The molecule has 3 aromatic rings. The van der Waals surface area contributed by atoms with Crippen LogP contribution in [0.25, 0.3) is 11.0 Å². The van der Waals surface area contributed by atoms with E-state index in [9.17, 15) is 18.0 Å². The second-order valence-corrected chi connectivity index (χ2v) is 9.16. The number of hydrogen-bond donors (Lipinski definition) is 1. The molecule has 8 nitrogen and oxygen atoms in total. The Kier molecular flexibility index (Phi) is 5.95. The number of hydrogen-bond acceptors (Lipinski definition) is 6. The molecule has 0 radical (unpaired) electrons. The van der Waals surface area contributed by atoms with Gasteiger partial charge in [0, 0.05) is 37.3 Å². The Morgan fingerprint density at radius 3 is 2.50 bits per heavy atom. The number of carbonyl (C=O) groups is 1. The lowest BCUT2D eigenvalue weighted by Crippen LogP contribution is -2.23. The van der Waals surface area contributed by atoms with Crippen molar-refractivity contribution in [3.63, 3.8) is 0 Å². The molecule has 1 amide bonds. The predicted octanol–water partition coefficient (Wildman–Crippen LogP) is 2.68. The second-order valence-electron chi connectivity index (χ2n) is 7.01. The normalized spacial score (nSPS) is 11.6. The van der Waals surface area contributed by atoms with E-state index in [0.29, 0.717) is 22.6 Å². The van der Waals surface area contributed by atoms with Gasteiger partial charge < -0.3 is 14.5 Å². The number of sulfonamides is 1. The Bertz CT molecular complexity index is 1280. The SMILES string of the molecule is Cc1ccc(S(=O)(=O)N(C)C)cc1NC(=O)COc1ccc2c(C)cc(=O)oc2c1. The van der Waals surface area contributed by atoms with Gasteiger partial charge in [0.25, 0.3) is 5.91 Å². The molecule has 1 aromatic heterocycles. The van der Waals surface area contributed by atoms with Gasteiger partial charge in [-0.25, -0.2) is 17.5 Å². The Balaban J connectivity index is 1.74. The number of nitrogens with zero attached hydrogens (tertiary/aromatic N) is 1. The van der Waals surface area contributed by atoms with Crippen LogP contribution in [0.1, 0.15) is 11.1 Å². The Hall–Kier alpha value is -3.17. The zero-order valence-electron chi connectivity index (χ0n) is 17.1. The minimum Gasteiger partial charge on any atom is -0.484 e. The minimum atomic E-state index is -3.62. The summed E-state index contributed by atoms with van der Waals surface area (Å²) in [7, 11) is -0.742. The van der Waals surface area contributed by atoms with Gasteiger partial charge in [0.1, 0.15) is 11.3 Å². The van der Waals surface area contributed by atoms with E-state index in [1.165, 1.54) is 32.3 Å². The molecule has 0 saturated carbocycles. The zero-order valence-corrected chi connectivity index (χ0v) is 17.9.